The lowest BCUT2D eigenvalue weighted by molar-refractivity contribution is 1.11. The number of benzene rings is 1. The summed E-state index contributed by atoms with van der Waals surface area (Å²) in [6, 6.07) is 8.18. The van der Waals surface area contributed by atoms with Gasteiger partial charge in [0.1, 0.15) is 0 Å². The van der Waals surface area contributed by atoms with Gasteiger partial charge in [0.25, 0.3) is 0 Å². The number of nitrogens with one attached hydrogen (secondary N) is 1. The summed E-state index contributed by atoms with van der Waals surface area (Å²) >= 11 is 5.10. The van der Waals surface area contributed by atoms with Crippen LogP contribution >= 0.6 is 12.2 Å². The summed E-state index contributed by atoms with van der Waals surface area (Å²) in [6.45, 7) is 2.02. The molecule has 2 heterocycles. The molecule has 4 heteroatoms. The van der Waals surface area contributed by atoms with Crippen LogP contribution in [-0.4, -0.2) is 15.0 Å². The van der Waals surface area contributed by atoms with Gasteiger partial charge in [-0.2, -0.15) is 0 Å². The van der Waals surface area contributed by atoms with E-state index in [9.17, 15) is 0 Å². The molecular weight excluding hydrogens is 242 g/mol. The molecule has 0 aliphatic carbocycles. The van der Waals surface area contributed by atoms with Gasteiger partial charge in [-0.3, -0.25) is 4.98 Å². The Kier molecular flexibility index (Phi) is 2.64. The summed E-state index contributed by atoms with van der Waals surface area (Å²) in [4.78, 5) is 11.4. The summed E-state index contributed by atoms with van der Waals surface area (Å²) in [5.41, 5.74) is 3.18. The van der Waals surface area contributed by atoms with Crippen LogP contribution in [0.4, 0.5) is 0 Å². The number of pyridine rings is 1. The zero-order chi connectivity index (χ0) is 12.5. The quantitative estimate of drug-likeness (QED) is 0.673. The summed E-state index contributed by atoms with van der Waals surface area (Å²) in [6.07, 6.45) is 5.47. The lowest BCUT2D eigenvalue weighted by Gasteiger charge is -2.08. The van der Waals surface area contributed by atoms with Crippen LogP contribution in [0.5, 0.6) is 0 Å². The molecule has 3 aromatic rings. The minimum absolute atomic E-state index is 0.497. The molecule has 0 unspecified atom stereocenters. The minimum atomic E-state index is 0.497. The van der Waals surface area contributed by atoms with E-state index < -0.39 is 0 Å². The van der Waals surface area contributed by atoms with Gasteiger partial charge in [0.05, 0.1) is 5.69 Å². The van der Waals surface area contributed by atoms with Crippen LogP contribution in [0.3, 0.4) is 0 Å². The van der Waals surface area contributed by atoms with Crippen molar-refractivity contribution in [3.8, 4) is 11.3 Å². The maximum absolute atomic E-state index is 5.10. The van der Waals surface area contributed by atoms with Crippen LogP contribution in [-0.2, 0) is 0 Å². The van der Waals surface area contributed by atoms with Crippen LogP contribution in [0, 0.1) is 11.7 Å². The third-order valence-electron chi connectivity index (χ3n) is 2.95. The van der Waals surface area contributed by atoms with E-state index in [0.29, 0.717) is 4.77 Å². The van der Waals surface area contributed by atoms with Crippen molar-refractivity contribution in [1.29, 1.82) is 0 Å². The van der Waals surface area contributed by atoms with E-state index in [2.05, 4.69) is 27.1 Å². The van der Waals surface area contributed by atoms with Gasteiger partial charge in [-0.1, -0.05) is 18.2 Å². The lowest BCUT2D eigenvalue weighted by atomic mass is 10.0. The second-order valence-electron chi connectivity index (χ2n) is 4.15. The van der Waals surface area contributed by atoms with E-state index in [0.717, 1.165) is 27.6 Å². The second-order valence-corrected chi connectivity index (χ2v) is 4.54. The topological polar surface area (TPSA) is 41.6 Å². The Balaban J connectivity index is 2.38. The van der Waals surface area contributed by atoms with Gasteiger partial charge in [0.15, 0.2) is 4.77 Å². The molecule has 0 atom stereocenters. The predicted octanol–water partition coefficient (Wildman–Crippen LogP) is 3.66. The van der Waals surface area contributed by atoms with Gasteiger partial charge in [0.2, 0.25) is 0 Å². The molecule has 0 fully saturated rings. The average molecular weight is 253 g/mol. The number of aryl methyl sites for hydroxylation is 1. The number of fused-ring (bicyclic) bond motifs is 1. The standard InChI is InChI=1S/C14H11N3S/c1-9-7-16-14(18)17-13(9)11-4-2-3-10-5-6-15-8-12(10)11/h2-8H,1H3,(H,16,17,18). The highest BCUT2D eigenvalue weighted by atomic mass is 32.1. The van der Waals surface area contributed by atoms with Crippen LogP contribution in [0.25, 0.3) is 22.0 Å². The fraction of sp³-hybridized carbons (Fsp3) is 0.0714. The van der Waals surface area contributed by atoms with Crippen molar-refractivity contribution in [2.45, 2.75) is 6.92 Å². The van der Waals surface area contributed by atoms with E-state index in [1.807, 2.05) is 25.3 Å². The highest BCUT2D eigenvalue weighted by molar-refractivity contribution is 7.71. The number of aromatic amines is 1. The third-order valence-corrected chi connectivity index (χ3v) is 3.16. The summed E-state index contributed by atoms with van der Waals surface area (Å²) in [7, 11) is 0. The Morgan fingerprint density at radius 2 is 2.06 bits per heavy atom. The van der Waals surface area contributed by atoms with Crippen molar-refractivity contribution in [1.82, 2.24) is 15.0 Å². The Morgan fingerprint density at radius 1 is 1.17 bits per heavy atom. The molecule has 2 aromatic heterocycles. The largest absolute Gasteiger partial charge is 0.330 e. The molecule has 0 saturated heterocycles. The summed E-state index contributed by atoms with van der Waals surface area (Å²) in [5, 5.41) is 2.28. The molecule has 0 radical (unpaired) electrons. The molecular formula is C14H11N3S. The Labute approximate surface area is 110 Å². The van der Waals surface area contributed by atoms with Crippen molar-refractivity contribution < 1.29 is 0 Å². The van der Waals surface area contributed by atoms with Crippen LogP contribution in [0.15, 0.2) is 42.9 Å². The maximum Gasteiger partial charge on any atom is 0.197 e. The SMILES string of the molecule is Cc1cnc(=S)[nH]c1-c1cccc2ccncc12. The minimum Gasteiger partial charge on any atom is -0.330 e. The molecule has 0 aliphatic heterocycles. The summed E-state index contributed by atoms with van der Waals surface area (Å²) in [5.74, 6) is 0. The molecule has 88 valence electrons. The molecule has 1 N–H and O–H groups in total. The lowest BCUT2D eigenvalue weighted by Crippen LogP contribution is -1.92. The first-order valence-electron chi connectivity index (χ1n) is 5.65. The maximum atomic E-state index is 5.10. The molecule has 0 bridgehead atoms. The van der Waals surface area contributed by atoms with E-state index >= 15 is 0 Å². The van der Waals surface area contributed by atoms with E-state index in [4.69, 9.17) is 12.2 Å². The molecule has 0 saturated carbocycles. The van der Waals surface area contributed by atoms with Crippen LogP contribution in [0.2, 0.25) is 0 Å². The van der Waals surface area contributed by atoms with Crippen molar-refractivity contribution >= 4 is 23.0 Å². The van der Waals surface area contributed by atoms with Gasteiger partial charge in [0, 0.05) is 29.5 Å². The van der Waals surface area contributed by atoms with Gasteiger partial charge in [-0.15, -0.1) is 0 Å². The number of nitrogens with zero attached hydrogens (tertiary/aromatic N) is 2. The third kappa shape index (κ3) is 1.80. The van der Waals surface area contributed by atoms with Crippen LogP contribution in [0.1, 0.15) is 5.56 Å². The Morgan fingerprint density at radius 3 is 2.94 bits per heavy atom. The molecule has 0 aliphatic rings. The number of hydrogen-bond acceptors (Lipinski definition) is 3. The van der Waals surface area contributed by atoms with Crippen molar-refractivity contribution in [3.05, 3.63) is 53.2 Å². The van der Waals surface area contributed by atoms with Gasteiger partial charge < -0.3 is 4.98 Å². The zero-order valence-corrected chi connectivity index (χ0v) is 10.7. The number of H-pyrrole nitrogens is 1. The smallest absolute Gasteiger partial charge is 0.197 e. The molecule has 3 nitrogen and oxygen atoms in total. The molecule has 1 aromatic carbocycles. The Bertz CT molecular complexity index is 772. The van der Waals surface area contributed by atoms with Crippen molar-refractivity contribution in [2.75, 3.05) is 0 Å². The summed E-state index contributed by atoms with van der Waals surface area (Å²) < 4.78 is 0.497. The van der Waals surface area contributed by atoms with Gasteiger partial charge >= 0.3 is 0 Å². The van der Waals surface area contributed by atoms with Gasteiger partial charge in [-0.25, -0.2) is 4.98 Å². The van der Waals surface area contributed by atoms with Crippen molar-refractivity contribution in [3.63, 3.8) is 0 Å². The fourth-order valence-electron chi connectivity index (χ4n) is 2.07. The average Bonchev–Trinajstić information content (AvgIpc) is 2.41. The predicted molar refractivity (Wildman–Crippen MR) is 74.9 cm³/mol. The molecule has 3 rings (SSSR count). The number of aromatic nitrogens is 3. The molecule has 0 amide bonds. The second kappa shape index (κ2) is 4.31. The van der Waals surface area contributed by atoms with E-state index in [-0.39, 0.29) is 0 Å². The number of hydrogen-bond donors (Lipinski definition) is 1. The molecule has 18 heavy (non-hydrogen) atoms. The van der Waals surface area contributed by atoms with Crippen LogP contribution < -0.4 is 0 Å². The molecule has 0 spiro atoms. The highest BCUT2D eigenvalue weighted by Gasteiger charge is 2.06. The Hall–Kier alpha value is -2.07. The first kappa shape index (κ1) is 11.0. The first-order chi connectivity index (χ1) is 8.75. The van der Waals surface area contributed by atoms with Crippen molar-refractivity contribution in [2.24, 2.45) is 0 Å². The number of rotatable bonds is 1. The fourth-order valence-corrected chi connectivity index (χ4v) is 2.22. The monoisotopic (exact) mass is 253 g/mol. The van der Waals surface area contributed by atoms with Gasteiger partial charge in [-0.05, 0) is 36.2 Å². The zero-order valence-electron chi connectivity index (χ0n) is 9.84. The normalized spacial score (nSPS) is 10.7. The first-order valence-corrected chi connectivity index (χ1v) is 6.05. The van der Waals surface area contributed by atoms with E-state index in [1.54, 1.807) is 12.4 Å². The van der Waals surface area contributed by atoms with E-state index in [1.165, 1.54) is 0 Å². The highest BCUT2D eigenvalue weighted by Crippen LogP contribution is 2.28.